The maximum Gasteiger partial charge on any atom is 0.212 e. The molecule has 4 nitrogen and oxygen atoms in total. The number of hydrogen-bond acceptors (Lipinski definition) is 3. The number of methoxy groups -OCH3 is 1. The van der Waals surface area contributed by atoms with Gasteiger partial charge in [-0.25, -0.2) is 0 Å². The Morgan fingerprint density at radius 3 is 2.74 bits per heavy atom. The van der Waals surface area contributed by atoms with E-state index in [-0.39, 0.29) is 5.78 Å². The lowest BCUT2D eigenvalue weighted by molar-refractivity contribution is 0.102. The largest absolute Gasteiger partial charge is 0.383 e. The van der Waals surface area contributed by atoms with Crippen molar-refractivity contribution in [1.82, 2.24) is 9.78 Å². The van der Waals surface area contributed by atoms with Crippen LogP contribution in [-0.4, -0.2) is 29.3 Å². The highest BCUT2D eigenvalue weighted by Gasteiger charge is 2.18. The highest BCUT2D eigenvalue weighted by atomic mass is 127. The number of carbonyl (C=O) groups is 1. The number of ketones is 1. The molecule has 0 amide bonds. The normalized spacial score (nSPS) is 10.7. The SMILES string of the molecule is COCCn1ncc(Br)c1C(=O)c1ccc(I)cc1. The van der Waals surface area contributed by atoms with Crippen molar-refractivity contribution in [3.63, 3.8) is 0 Å². The lowest BCUT2D eigenvalue weighted by Gasteiger charge is -2.07. The summed E-state index contributed by atoms with van der Waals surface area (Å²) in [5, 5.41) is 4.18. The van der Waals surface area contributed by atoms with Crippen molar-refractivity contribution in [3.05, 3.63) is 49.8 Å². The van der Waals surface area contributed by atoms with Crippen molar-refractivity contribution in [2.45, 2.75) is 6.54 Å². The minimum atomic E-state index is -0.0446. The van der Waals surface area contributed by atoms with Gasteiger partial charge in [-0.05, 0) is 62.8 Å². The molecule has 1 aromatic heterocycles. The van der Waals surface area contributed by atoms with Crippen molar-refractivity contribution in [1.29, 1.82) is 0 Å². The lowest BCUT2D eigenvalue weighted by atomic mass is 10.1. The molecule has 0 radical (unpaired) electrons. The predicted octanol–water partition coefficient (Wildman–Crippen LogP) is 3.13. The zero-order valence-electron chi connectivity index (χ0n) is 10.3. The Bertz CT molecular complexity index is 581. The average molecular weight is 435 g/mol. The molecule has 0 spiro atoms. The molecule has 0 fully saturated rings. The van der Waals surface area contributed by atoms with E-state index in [0.717, 1.165) is 3.57 Å². The molecule has 0 saturated heterocycles. The molecule has 0 aliphatic rings. The molecule has 1 aromatic carbocycles. The standard InChI is InChI=1S/C13H12BrIN2O2/c1-19-7-6-17-12(11(14)8-16-17)13(18)9-2-4-10(15)5-3-9/h2-5,8H,6-7H2,1H3. The molecule has 2 rings (SSSR count). The van der Waals surface area contributed by atoms with Gasteiger partial charge in [0, 0.05) is 16.2 Å². The van der Waals surface area contributed by atoms with E-state index in [9.17, 15) is 4.79 Å². The maximum atomic E-state index is 12.5. The second-order valence-corrected chi connectivity index (χ2v) is 5.99. The number of rotatable bonds is 5. The number of benzene rings is 1. The second-order valence-electron chi connectivity index (χ2n) is 3.89. The van der Waals surface area contributed by atoms with Gasteiger partial charge in [-0.15, -0.1) is 0 Å². The second kappa shape index (κ2) is 6.62. The van der Waals surface area contributed by atoms with E-state index in [1.807, 2.05) is 24.3 Å². The highest BCUT2D eigenvalue weighted by Crippen LogP contribution is 2.20. The van der Waals surface area contributed by atoms with Crippen LogP contribution in [0.15, 0.2) is 34.9 Å². The highest BCUT2D eigenvalue weighted by molar-refractivity contribution is 14.1. The number of hydrogen-bond donors (Lipinski definition) is 0. The molecule has 0 bridgehead atoms. The predicted molar refractivity (Wildman–Crippen MR) is 84.4 cm³/mol. The van der Waals surface area contributed by atoms with Crippen LogP contribution in [0.25, 0.3) is 0 Å². The molecule has 19 heavy (non-hydrogen) atoms. The lowest BCUT2D eigenvalue weighted by Crippen LogP contribution is -2.14. The zero-order valence-corrected chi connectivity index (χ0v) is 14.0. The first-order chi connectivity index (χ1) is 9.13. The fourth-order valence-corrected chi connectivity index (χ4v) is 2.51. The van der Waals surface area contributed by atoms with Crippen molar-refractivity contribution in [2.24, 2.45) is 0 Å². The summed E-state index contributed by atoms with van der Waals surface area (Å²) in [7, 11) is 1.62. The third-order valence-corrected chi connectivity index (χ3v) is 3.92. The first-order valence-electron chi connectivity index (χ1n) is 5.64. The molecular formula is C13H12BrIN2O2. The van der Waals surface area contributed by atoms with Gasteiger partial charge < -0.3 is 4.74 Å². The summed E-state index contributed by atoms with van der Waals surface area (Å²) in [5.41, 5.74) is 1.21. The van der Waals surface area contributed by atoms with E-state index in [4.69, 9.17) is 4.74 Å². The molecule has 0 N–H and O–H groups in total. The number of aromatic nitrogens is 2. The van der Waals surface area contributed by atoms with Crippen LogP contribution in [0, 0.1) is 3.57 Å². The van der Waals surface area contributed by atoms with Crippen molar-refractivity contribution in [2.75, 3.05) is 13.7 Å². The molecule has 0 saturated carbocycles. The molecular weight excluding hydrogens is 423 g/mol. The molecule has 0 atom stereocenters. The van der Waals surface area contributed by atoms with Gasteiger partial charge in [-0.1, -0.05) is 0 Å². The van der Waals surface area contributed by atoms with Gasteiger partial charge >= 0.3 is 0 Å². The van der Waals surface area contributed by atoms with E-state index in [2.05, 4.69) is 43.6 Å². The Balaban J connectivity index is 2.32. The number of carbonyl (C=O) groups excluding carboxylic acids is 1. The van der Waals surface area contributed by atoms with Crippen molar-refractivity contribution < 1.29 is 9.53 Å². The Hall–Kier alpha value is -0.730. The average Bonchev–Trinajstić information content (AvgIpc) is 2.77. The van der Waals surface area contributed by atoms with Gasteiger partial charge in [-0.2, -0.15) is 5.10 Å². The van der Waals surface area contributed by atoms with E-state index < -0.39 is 0 Å². The third-order valence-electron chi connectivity index (χ3n) is 2.62. The Labute approximate surface area is 133 Å². The third kappa shape index (κ3) is 3.43. The fraction of sp³-hybridized carbons (Fsp3) is 0.231. The zero-order chi connectivity index (χ0) is 13.8. The van der Waals surface area contributed by atoms with Gasteiger partial charge in [0.05, 0.1) is 23.8 Å². The molecule has 1 heterocycles. The minimum absolute atomic E-state index is 0.0446. The number of nitrogens with zero attached hydrogens (tertiary/aromatic N) is 2. The van der Waals surface area contributed by atoms with Crippen molar-refractivity contribution in [3.8, 4) is 0 Å². The summed E-state index contributed by atoms with van der Waals surface area (Å²) < 4.78 is 8.48. The molecule has 2 aromatic rings. The summed E-state index contributed by atoms with van der Waals surface area (Å²) in [5.74, 6) is -0.0446. The van der Waals surface area contributed by atoms with E-state index in [1.54, 1.807) is 18.0 Å². The van der Waals surface area contributed by atoms with Crippen molar-refractivity contribution >= 4 is 44.3 Å². The van der Waals surface area contributed by atoms with Gasteiger partial charge in [0.25, 0.3) is 0 Å². The summed E-state index contributed by atoms with van der Waals surface area (Å²) in [6.07, 6.45) is 1.63. The van der Waals surface area contributed by atoms with Crippen LogP contribution in [0.1, 0.15) is 16.1 Å². The van der Waals surface area contributed by atoms with Crippen LogP contribution in [0.2, 0.25) is 0 Å². The number of halogens is 2. The molecule has 100 valence electrons. The van der Waals surface area contributed by atoms with Gasteiger partial charge in [0.15, 0.2) is 0 Å². The van der Waals surface area contributed by atoms with Crippen LogP contribution in [0.3, 0.4) is 0 Å². The monoisotopic (exact) mass is 434 g/mol. The van der Waals surface area contributed by atoms with E-state index >= 15 is 0 Å². The van der Waals surface area contributed by atoms with Gasteiger partial charge in [0.2, 0.25) is 5.78 Å². The fourth-order valence-electron chi connectivity index (χ4n) is 1.67. The summed E-state index contributed by atoms with van der Waals surface area (Å²) in [6, 6.07) is 7.48. The topological polar surface area (TPSA) is 44.1 Å². The Morgan fingerprint density at radius 2 is 2.11 bits per heavy atom. The van der Waals surface area contributed by atoms with Gasteiger partial charge in [0.1, 0.15) is 5.69 Å². The summed E-state index contributed by atoms with van der Waals surface area (Å²) in [6.45, 7) is 1.06. The molecule has 0 unspecified atom stereocenters. The van der Waals surface area contributed by atoms with Crippen LogP contribution < -0.4 is 0 Å². The maximum absolute atomic E-state index is 12.5. The smallest absolute Gasteiger partial charge is 0.212 e. The Morgan fingerprint density at radius 1 is 1.42 bits per heavy atom. The quantitative estimate of drug-likeness (QED) is 0.536. The molecule has 0 aliphatic carbocycles. The summed E-state index contributed by atoms with van der Waals surface area (Å²) >= 11 is 5.59. The first kappa shape index (κ1) is 14.7. The van der Waals surface area contributed by atoms with E-state index in [0.29, 0.717) is 28.9 Å². The van der Waals surface area contributed by atoms with Crippen LogP contribution in [0.4, 0.5) is 0 Å². The Kier molecular flexibility index (Phi) is 5.12. The van der Waals surface area contributed by atoms with Crippen LogP contribution >= 0.6 is 38.5 Å². The first-order valence-corrected chi connectivity index (χ1v) is 7.51. The molecule has 0 aliphatic heterocycles. The van der Waals surface area contributed by atoms with Crippen LogP contribution in [0.5, 0.6) is 0 Å². The number of ether oxygens (including phenoxy) is 1. The van der Waals surface area contributed by atoms with Crippen LogP contribution in [-0.2, 0) is 11.3 Å². The molecule has 6 heteroatoms. The minimum Gasteiger partial charge on any atom is -0.383 e. The summed E-state index contributed by atoms with van der Waals surface area (Å²) in [4.78, 5) is 12.5. The van der Waals surface area contributed by atoms with E-state index in [1.165, 1.54) is 0 Å². The van der Waals surface area contributed by atoms with Gasteiger partial charge in [-0.3, -0.25) is 9.48 Å².